The summed E-state index contributed by atoms with van der Waals surface area (Å²) in [6.45, 7) is 5.73. The summed E-state index contributed by atoms with van der Waals surface area (Å²) in [5.41, 5.74) is 5.94. The van der Waals surface area contributed by atoms with Crippen LogP contribution in [0.2, 0.25) is 0 Å². The molecule has 2 saturated heterocycles. The molecule has 1 N–H and O–H groups in total. The van der Waals surface area contributed by atoms with Crippen molar-refractivity contribution in [3.05, 3.63) is 70.7 Å². The van der Waals surface area contributed by atoms with E-state index in [9.17, 15) is 14.4 Å². The van der Waals surface area contributed by atoms with Crippen molar-refractivity contribution in [1.82, 2.24) is 19.4 Å². The molecule has 2 aromatic heterocycles. The number of aryl methyl sites for hydroxylation is 1. The molecule has 2 unspecified atom stereocenters. The average molecular weight is 500 g/mol. The quantitative estimate of drug-likeness (QED) is 0.598. The summed E-state index contributed by atoms with van der Waals surface area (Å²) in [7, 11) is 1.96. The number of aromatic nitrogens is 2. The first-order valence-electron chi connectivity index (χ1n) is 12.5. The maximum absolute atomic E-state index is 13.5. The molecule has 2 fully saturated rings. The highest BCUT2D eigenvalue weighted by Crippen LogP contribution is 2.32. The molecule has 37 heavy (non-hydrogen) atoms. The van der Waals surface area contributed by atoms with E-state index in [2.05, 4.69) is 10.3 Å². The first-order valence-corrected chi connectivity index (χ1v) is 12.5. The van der Waals surface area contributed by atoms with Gasteiger partial charge in [0.05, 0.1) is 24.2 Å². The van der Waals surface area contributed by atoms with Gasteiger partial charge in [-0.25, -0.2) is 4.98 Å². The zero-order valence-corrected chi connectivity index (χ0v) is 21.2. The maximum atomic E-state index is 13.5. The lowest BCUT2D eigenvalue weighted by Crippen LogP contribution is -2.61. The van der Waals surface area contributed by atoms with Gasteiger partial charge in [0.25, 0.3) is 11.8 Å². The van der Waals surface area contributed by atoms with Crippen LogP contribution in [0.5, 0.6) is 0 Å². The van der Waals surface area contributed by atoms with E-state index in [0.29, 0.717) is 37.6 Å². The molecule has 2 atom stereocenters. The van der Waals surface area contributed by atoms with Crippen molar-refractivity contribution in [2.24, 2.45) is 7.05 Å². The number of rotatable bonds is 3. The molecule has 0 radical (unpaired) electrons. The first kappa shape index (κ1) is 23.4. The molecule has 190 valence electrons. The number of benzene rings is 1. The molecule has 0 aliphatic carbocycles. The fourth-order valence-electron chi connectivity index (χ4n) is 5.65. The van der Waals surface area contributed by atoms with Gasteiger partial charge in [0.1, 0.15) is 5.82 Å². The Kier molecular flexibility index (Phi) is 5.60. The summed E-state index contributed by atoms with van der Waals surface area (Å²) in [4.78, 5) is 46.6. The lowest BCUT2D eigenvalue weighted by atomic mass is 9.98. The molecule has 3 aliphatic rings. The van der Waals surface area contributed by atoms with Gasteiger partial charge in [-0.3, -0.25) is 14.4 Å². The van der Waals surface area contributed by atoms with E-state index in [1.54, 1.807) is 6.20 Å². The minimum absolute atomic E-state index is 0.0184. The molecule has 2 bridgehead atoms. The van der Waals surface area contributed by atoms with Crippen LogP contribution in [0.3, 0.4) is 0 Å². The van der Waals surface area contributed by atoms with Gasteiger partial charge in [0.2, 0.25) is 5.91 Å². The van der Waals surface area contributed by atoms with Crippen molar-refractivity contribution in [3.63, 3.8) is 0 Å². The molecule has 0 saturated carbocycles. The van der Waals surface area contributed by atoms with Crippen LogP contribution in [0.15, 0.2) is 42.6 Å². The zero-order valence-electron chi connectivity index (χ0n) is 21.2. The Balaban J connectivity index is 1.18. The Hall–Kier alpha value is -3.98. The second-order valence-corrected chi connectivity index (χ2v) is 10.1. The molecule has 1 aromatic carbocycles. The second kappa shape index (κ2) is 8.85. The summed E-state index contributed by atoms with van der Waals surface area (Å²) < 4.78 is 8.15. The van der Waals surface area contributed by atoms with Gasteiger partial charge < -0.3 is 24.4 Å². The number of anilines is 1. The van der Waals surface area contributed by atoms with E-state index in [4.69, 9.17) is 4.74 Å². The van der Waals surface area contributed by atoms with Crippen LogP contribution in [0.4, 0.5) is 5.82 Å². The number of amides is 3. The van der Waals surface area contributed by atoms with E-state index >= 15 is 0 Å². The summed E-state index contributed by atoms with van der Waals surface area (Å²) in [5, 5.41) is 2.78. The molecule has 3 amide bonds. The largest absolute Gasteiger partial charge is 0.368 e. The fraction of sp³-hybridized carbons (Fsp3) is 0.357. The highest BCUT2D eigenvalue weighted by molar-refractivity contribution is 6.01. The molecule has 5 heterocycles. The molecule has 0 spiro atoms. The predicted octanol–water partition coefficient (Wildman–Crippen LogP) is 2.56. The van der Waals surface area contributed by atoms with Crippen LogP contribution in [-0.4, -0.2) is 75.5 Å². The average Bonchev–Trinajstić information content (AvgIpc) is 3.40. The van der Waals surface area contributed by atoms with Crippen molar-refractivity contribution in [2.45, 2.75) is 32.5 Å². The van der Waals surface area contributed by atoms with Gasteiger partial charge in [0, 0.05) is 61.9 Å². The van der Waals surface area contributed by atoms with Crippen LogP contribution >= 0.6 is 0 Å². The molecule has 3 aliphatic heterocycles. The standard InChI is InChI=1S/C28H29N5O4/c1-16-9-23(17(2)31(16)3)28(36)33-14-20-12-32(13-21(15-33)37-20)27(35)19-6-4-5-18(10-19)22-7-8-29-26-24(22)11-25(34)30-26/h4-10,20-21H,11-15H2,1-3H3,(H,29,30,34). The van der Waals surface area contributed by atoms with E-state index in [-0.39, 0.29) is 36.4 Å². The number of nitrogens with one attached hydrogen (secondary N) is 1. The molecule has 6 rings (SSSR count). The summed E-state index contributed by atoms with van der Waals surface area (Å²) in [5.74, 6) is 0.464. The van der Waals surface area contributed by atoms with E-state index in [1.807, 2.05) is 71.7 Å². The maximum Gasteiger partial charge on any atom is 0.255 e. The van der Waals surface area contributed by atoms with Crippen LogP contribution < -0.4 is 5.32 Å². The van der Waals surface area contributed by atoms with Crippen molar-refractivity contribution in [3.8, 4) is 11.1 Å². The zero-order chi connectivity index (χ0) is 25.8. The monoisotopic (exact) mass is 499 g/mol. The van der Waals surface area contributed by atoms with Gasteiger partial charge in [-0.05, 0) is 49.2 Å². The van der Waals surface area contributed by atoms with Crippen LogP contribution in [-0.2, 0) is 23.0 Å². The SMILES string of the molecule is Cc1cc(C(=O)N2CC3CN(C(=O)c4cccc(-c5ccnc6c5CC(=O)N6)c4)CC(C2)O3)c(C)n1C. The molecular weight excluding hydrogens is 470 g/mol. The van der Waals surface area contributed by atoms with Gasteiger partial charge in [-0.2, -0.15) is 0 Å². The topological polar surface area (TPSA) is 96.8 Å². The Morgan fingerprint density at radius 1 is 1.00 bits per heavy atom. The predicted molar refractivity (Wildman–Crippen MR) is 137 cm³/mol. The molecular formula is C28H29N5O4. The fourth-order valence-corrected chi connectivity index (χ4v) is 5.65. The Morgan fingerprint density at radius 2 is 1.70 bits per heavy atom. The number of morpholine rings is 2. The second-order valence-electron chi connectivity index (χ2n) is 10.1. The van der Waals surface area contributed by atoms with Crippen molar-refractivity contribution in [1.29, 1.82) is 0 Å². The molecule has 9 nitrogen and oxygen atoms in total. The lowest BCUT2D eigenvalue weighted by molar-refractivity contribution is -0.121. The van der Waals surface area contributed by atoms with E-state index in [0.717, 1.165) is 33.6 Å². The normalized spacial score (nSPS) is 20.6. The van der Waals surface area contributed by atoms with Crippen molar-refractivity contribution in [2.75, 3.05) is 31.5 Å². The Morgan fingerprint density at radius 3 is 2.38 bits per heavy atom. The number of hydrogen-bond donors (Lipinski definition) is 1. The number of carbonyl (C=O) groups is 3. The number of pyridine rings is 1. The third-order valence-electron chi connectivity index (χ3n) is 7.73. The van der Waals surface area contributed by atoms with Crippen LogP contribution in [0.1, 0.15) is 37.7 Å². The van der Waals surface area contributed by atoms with Crippen LogP contribution in [0.25, 0.3) is 11.1 Å². The van der Waals surface area contributed by atoms with Crippen LogP contribution in [0, 0.1) is 13.8 Å². The smallest absolute Gasteiger partial charge is 0.255 e. The number of nitrogens with zero attached hydrogens (tertiary/aromatic N) is 4. The molecule has 3 aromatic rings. The van der Waals surface area contributed by atoms with E-state index in [1.165, 1.54) is 0 Å². The van der Waals surface area contributed by atoms with Crippen molar-refractivity contribution < 1.29 is 19.1 Å². The minimum Gasteiger partial charge on any atom is -0.368 e. The Bertz CT molecular complexity index is 1430. The lowest BCUT2D eigenvalue weighted by Gasteiger charge is -2.45. The first-order chi connectivity index (χ1) is 17.8. The van der Waals surface area contributed by atoms with Gasteiger partial charge in [-0.15, -0.1) is 0 Å². The number of ether oxygens (including phenoxy) is 1. The third kappa shape index (κ3) is 4.09. The minimum atomic E-state index is -0.228. The van der Waals surface area contributed by atoms with Gasteiger partial charge in [-0.1, -0.05) is 12.1 Å². The molecule has 9 heteroatoms. The highest BCUT2D eigenvalue weighted by atomic mass is 16.5. The summed E-state index contributed by atoms with van der Waals surface area (Å²) >= 11 is 0. The van der Waals surface area contributed by atoms with Gasteiger partial charge in [0.15, 0.2) is 0 Å². The summed E-state index contributed by atoms with van der Waals surface area (Å²) in [6, 6.07) is 11.3. The van der Waals surface area contributed by atoms with Crippen molar-refractivity contribution >= 4 is 23.5 Å². The number of carbonyl (C=O) groups excluding carboxylic acids is 3. The van der Waals surface area contributed by atoms with Gasteiger partial charge >= 0.3 is 0 Å². The highest BCUT2D eigenvalue weighted by Gasteiger charge is 2.39. The summed E-state index contributed by atoms with van der Waals surface area (Å²) in [6.07, 6.45) is 1.49. The third-order valence-corrected chi connectivity index (χ3v) is 7.73. The Labute approximate surface area is 215 Å². The number of hydrogen-bond acceptors (Lipinski definition) is 5. The van der Waals surface area contributed by atoms with E-state index < -0.39 is 0 Å². The number of fused-ring (bicyclic) bond motifs is 3.